The van der Waals surface area contributed by atoms with Crippen molar-refractivity contribution in [1.29, 1.82) is 0 Å². The number of aromatic nitrogens is 1. The molecule has 1 saturated carbocycles. The molecule has 1 aromatic heterocycles. The van der Waals surface area contributed by atoms with E-state index in [4.69, 9.17) is 9.47 Å². The standard InChI is InChI=1S/C19H26N2O3/c22-18(21-10-7-19(8-11-21)5-1-2-6-19)15-3-9-20-17(13-15)24-16-4-12-23-14-16/h3,9,13,16H,1-2,4-8,10-12,14H2. The van der Waals surface area contributed by atoms with Gasteiger partial charge >= 0.3 is 0 Å². The Morgan fingerprint density at radius 1 is 1.25 bits per heavy atom. The monoisotopic (exact) mass is 330 g/mol. The molecule has 24 heavy (non-hydrogen) atoms. The second kappa shape index (κ2) is 6.71. The quantitative estimate of drug-likeness (QED) is 0.855. The second-order valence-corrected chi connectivity index (χ2v) is 7.49. The Morgan fingerprint density at radius 3 is 2.75 bits per heavy atom. The smallest absolute Gasteiger partial charge is 0.254 e. The first-order valence-electron chi connectivity index (χ1n) is 9.24. The van der Waals surface area contributed by atoms with Crippen LogP contribution in [0.5, 0.6) is 5.88 Å². The summed E-state index contributed by atoms with van der Waals surface area (Å²) < 4.78 is 11.1. The van der Waals surface area contributed by atoms with Gasteiger partial charge in [-0.3, -0.25) is 4.79 Å². The molecular weight excluding hydrogens is 304 g/mol. The highest BCUT2D eigenvalue weighted by Gasteiger charge is 2.38. The van der Waals surface area contributed by atoms with Gasteiger partial charge in [0.1, 0.15) is 6.10 Å². The van der Waals surface area contributed by atoms with Crippen LogP contribution in [-0.2, 0) is 4.74 Å². The van der Waals surface area contributed by atoms with Crippen LogP contribution in [-0.4, -0.2) is 48.2 Å². The minimum atomic E-state index is 0.0556. The first-order chi connectivity index (χ1) is 11.7. The summed E-state index contributed by atoms with van der Waals surface area (Å²) in [6.45, 7) is 3.11. The fraction of sp³-hybridized carbons (Fsp3) is 0.684. The van der Waals surface area contributed by atoms with E-state index in [1.165, 1.54) is 25.7 Å². The lowest BCUT2D eigenvalue weighted by atomic mass is 9.77. The molecular formula is C19H26N2O3. The normalized spacial score (nSPS) is 26.0. The molecule has 1 unspecified atom stereocenters. The van der Waals surface area contributed by atoms with Gasteiger partial charge in [0.25, 0.3) is 5.91 Å². The lowest BCUT2D eigenvalue weighted by molar-refractivity contribution is 0.0586. The maximum absolute atomic E-state index is 12.8. The van der Waals surface area contributed by atoms with Crippen molar-refractivity contribution in [3.63, 3.8) is 0 Å². The average molecular weight is 330 g/mol. The van der Waals surface area contributed by atoms with Crippen LogP contribution in [0.25, 0.3) is 0 Å². The van der Waals surface area contributed by atoms with E-state index in [1.807, 2.05) is 4.90 Å². The molecule has 2 aliphatic heterocycles. The highest BCUT2D eigenvalue weighted by Crippen LogP contribution is 2.46. The van der Waals surface area contributed by atoms with E-state index < -0.39 is 0 Å². The fourth-order valence-electron chi connectivity index (χ4n) is 4.38. The summed E-state index contributed by atoms with van der Waals surface area (Å²) in [5.41, 5.74) is 1.22. The molecule has 3 fully saturated rings. The number of hydrogen-bond donors (Lipinski definition) is 0. The van der Waals surface area contributed by atoms with Gasteiger partial charge in [-0.05, 0) is 37.2 Å². The van der Waals surface area contributed by atoms with Gasteiger partial charge in [0.05, 0.1) is 13.2 Å². The Balaban J connectivity index is 1.39. The number of hydrogen-bond acceptors (Lipinski definition) is 4. The number of rotatable bonds is 3. The molecule has 0 N–H and O–H groups in total. The Morgan fingerprint density at radius 2 is 2.04 bits per heavy atom. The predicted molar refractivity (Wildman–Crippen MR) is 90.1 cm³/mol. The van der Waals surface area contributed by atoms with Crippen LogP contribution in [0.4, 0.5) is 0 Å². The molecule has 4 rings (SSSR count). The number of carbonyl (C=O) groups is 1. The lowest BCUT2D eigenvalue weighted by Gasteiger charge is -2.39. The summed E-state index contributed by atoms with van der Waals surface area (Å²) in [4.78, 5) is 19.1. The number of pyridine rings is 1. The summed E-state index contributed by atoms with van der Waals surface area (Å²) in [5, 5.41) is 0. The summed E-state index contributed by atoms with van der Waals surface area (Å²) in [7, 11) is 0. The number of piperidine rings is 1. The predicted octanol–water partition coefficient (Wildman–Crippen LogP) is 3.05. The minimum Gasteiger partial charge on any atom is -0.472 e. The van der Waals surface area contributed by atoms with Gasteiger partial charge in [0.2, 0.25) is 5.88 Å². The Bertz CT molecular complexity index is 582. The molecule has 1 aliphatic carbocycles. The van der Waals surface area contributed by atoms with Crippen molar-refractivity contribution in [3.8, 4) is 5.88 Å². The van der Waals surface area contributed by atoms with Crippen LogP contribution in [0.2, 0.25) is 0 Å². The highest BCUT2D eigenvalue weighted by molar-refractivity contribution is 5.94. The van der Waals surface area contributed by atoms with Crippen molar-refractivity contribution >= 4 is 5.91 Å². The van der Waals surface area contributed by atoms with Gasteiger partial charge in [-0.1, -0.05) is 12.8 Å². The van der Waals surface area contributed by atoms with E-state index >= 15 is 0 Å². The molecule has 5 heteroatoms. The first-order valence-corrected chi connectivity index (χ1v) is 9.24. The number of nitrogens with zero attached hydrogens (tertiary/aromatic N) is 2. The fourth-order valence-corrected chi connectivity index (χ4v) is 4.38. The lowest BCUT2D eigenvalue weighted by Crippen LogP contribution is -2.42. The van der Waals surface area contributed by atoms with E-state index in [0.717, 1.165) is 39.0 Å². The maximum Gasteiger partial charge on any atom is 0.254 e. The van der Waals surface area contributed by atoms with Gasteiger partial charge in [-0.25, -0.2) is 4.98 Å². The van der Waals surface area contributed by atoms with Crippen LogP contribution in [0, 0.1) is 5.41 Å². The topological polar surface area (TPSA) is 51.7 Å². The number of carbonyl (C=O) groups excluding carboxylic acids is 1. The zero-order valence-electron chi connectivity index (χ0n) is 14.2. The van der Waals surface area contributed by atoms with Gasteiger partial charge in [-0.15, -0.1) is 0 Å². The van der Waals surface area contributed by atoms with E-state index in [2.05, 4.69) is 4.98 Å². The molecule has 1 atom stereocenters. The van der Waals surface area contributed by atoms with Crippen LogP contribution >= 0.6 is 0 Å². The molecule has 0 aromatic carbocycles. The summed E-state index contributed by atoms with van der Waals surface area (Å²) in [6.07, 6.45) is 10.4. The van der Waals surface area contributed by atoms with Crippen molar-refractivity contribution in [3.05, 3.63) is 23.9 Å². The van der Waals surface area contributed by atoms with E-state index in [1.54, 1.807) is 18.3 Å². The van der Waals surface area contributed by atoms with E-state index in [-0.39, 0.29) is 12.0 Å². The SMILES string of the molecule is O=C(c1ccnc(OC2CCOC2)c1)N1CCC2(CCCC2)CC1. The van der Waals surface area contributed by atoms with Gasteiger partial charge in [0, 0.05) is 37.3 Å². The van der Waals surface area contributed by atoms with Crippen LogP contribution < -0.4 is 4.74 Å². The third-order valence-corrected chi connectivity index (χ3v) is 5.93. The number of amides is 1. The van der Waals surface area contributed by atoms with Crippen molar-refractivity contribution in [2.24, 2.45) is 5.41 Å². The van der Waals surface area contributed by atoms with Crippen molar-refractivity contribution in [1.82, 2.24) is 9.88 Å². The second-order valence-electron chi connectivity index (χ2n) is 7.49. The van der Waals surface area contributed by atoms with E-state index in [0.29, 0.717) is 23.5 Å². The molecule has 1 spiro atoms. The zero-order valence-corrected chi connectivity index (χ0v) is 14.2. The van der Waals surface area contributed by atoms with Crippen LogP contribution in [0.15, 0.2) is 18.3 Å². The molecule has 2 saturated heterocycles. The van der Waals surface area contributed by atoms with Crippen molar-refractivity contribution in [2.75, 3.05) is 26.3 Å². The molecule has 1 amide bonds. The summed E-state index contributed by atoms with van der Waals surface area (Å²) in [5.74, 6) is 0.637. The Labute approximate surface area is 143 Å². The van der Waals surface area contributed by atoms with Crippen molar-refractivity contribution in [2.45, 2.75) is 51.0 Å². The largest absolute Gasteiger partial charge is 0.472 e. The molecule has 5 nitrogen and oxygen atoms in total. The van der Waals surface area contributed by atoms with Gasteiger partial charge < -0.3 is 14.4 Å². The third-order valence-electron chi connectivity index (χ3n) is 5.93. The van der Waals surface area contributed by atoms with E-state index in [9.17, 15) is 4.79 Å². The molecule has 130 valence electrons. The molecule has 0 bridgehead atoms. The average Bonchev–Trinajstić information content (AvgIpc) is 3.28. The minimum absolute atomic E-state index is 0.0556. The molecule has 1 aromatic rings. The molecule has 3 aliphatic rings. The van der Waals surface area contributed by atoms with Crippen molar-refractivity contribution < 1.29 is 14.3 Å². The first kappa shape index (κ1) is 15.9. The van der Waals surface area contributed by atoms with Crippen LogP contribution in [0.3, 0.4) is 0 Å². The molecule has 0 radical (unpaired) electrons. The number of likely N-dealkylation sites (tertiary alicyclic amines) is 1. The Kier molecular flexibility index (Phi) is 4.44. The highest BCUT2D eigenvalue weighted by atomic mass is 16.5. The zero-order chi connectivity index (χ0) is 16.4. The number of ether oxygens (including phenoxy) is 2. The third kappa shape index (κ3) is 3.27. The summed E-state index contributed by atoms with van der Waals surface area (Å²) >= 11 is 0. The van der Waals surface area contributed by atoms with Gasteiger partial charge in [0.15, 0.2) is 0 Å². The van der Waals surface area contributed by atoms with Gasteiger partial charge in [-0.2, -0.15) is 0 Å². The van der Waals surface area contributed by atoms with Crippen LogP contribution in [0.1, 0.15) is 55.3 Å². The Hall–Kier alpha value is -1.62. The maximum atomic E-state index is 12.8. The molecule has 3 heterocycles. The summed E-state index contributed by atoms with van der Waals surface area (Å²) in [6, 6.07) is 3.57.